The minimum Gasteiger partial charge on any atom is -0.342 e. The number of anilines is 2. The predicted molar refractivity (Wildman–Crippen MR) is 100 cm³/mol. The highest BCUT2D eigenvalue weighted by molar-refractivity contribution is 6.00. The number of halogens is 3. The van der Waals surface area contributed by atoms with E-state index in [1.54, 1.807) is 24.3 Å². The van der Waals surface area contributed by atoms with Crippen LogP contribution in [0.25, 0.3) is 0 Å². The highest BCUT2D eigenvalue weighted by atomic mass is 19.4. The number of urea groups is 1. The van der Waals surface area contributed by atoms with Gasteiger partial charge in [-0.3, -0.25) is 4.79 Å². The molecule has 8 heteroatoms. The lowest BCUT2D eigenvalue weighted by atomic mass is 10.1. The maximum absolute atomic E-state index is 13.0. The molecule has 1 saturated heterocycles. The van der Waals surface area contributed by atoms with Crippen molar-refractivity contribution in [2.75, 3.05) is 23.7 Å². The van der Waals surface area contributed by atoms with Gasteiger partial charge in [0.1, 0.15) is 0 Å². The Bertz CT molecular complexity index is 845. The molecular formula is C20H20F3N3O2. The van der Waals surface area contributed by atoms with Gasteiger partial charge in [0.15, 0.2) is 0 Å². The molecule has 0 saturated carbocycles. The van der Waals surface area contributed by atoms with Crippen LogP contribution in [0.4, 0.5) is 29.3 Å². The first-order valence-electron chi connectivity index (χ1n) is 8.94. The summed E-state index contributed by atoms with van der Waals surface area (Å²) in [6, 6.07) is 10.6. The van der Waals surface area contributed by atoms with Crippen molar-refractivity contribution in [3.8, 4) is 0 Å². The molecule has 0 aliphatic carbocycles. The van der Waals surface area contributed by atoms with Gasteiger partial charge >= 0.3 is 12.2 Å². The third-order valence-corrected chi connectivity index (χ3v) is 4.51. The van der Waals surface area contributed by atoms with Crippen LogP contribution < -0.4 is 10.6 Å². The van der Waals surface area contributed by atoms with Gasteiger partial charge in [-0.25, -0.2) is 4.79 Å². The third kappa shape index (κ3) is 5.03. The summed E-state index contributed by atoms with van der Waals surface area (Å²) in [5.74, 6) is 0.0692. The Labute approximate surface area is 160 Å². The standard InChI is InChI=1S/C20H20F3N3O2/c21-20(22,23)16-5-1-2-6-17(16)25-19(28)24-15-9-7-14(8-10-15)13-18(27)26-11-3-4-12-26/h1-2,5-10H,3-4,11-13H2,(H2,24,25,28). The zero-order valence-electron chi connectivity index (χ0n) is 15.1. The molecule has 0 bridgehead atoms. The van der Waals surface area contributed by atoms with Crippen LogP contribution in [0.1, 0.15) is 24.0 Å². The van der Waals surface area contributed by atoms with Crippen LogP contribution in [0, 0.1) is 0 Å². The Hall–Kier alpha value is -3.03. The summed E-state index contributed by atoms with van der Waals surface area (Å²) in [5, 5.41) is 4.71. The fraction of sp³-hybridized carbons (Fsp3) is 0.300. The Balaban J connectivity index is 1.58. The molecule has 0 unspecified atom stereocenters. The smallest absolute Gasteiger partial charge is 0.342 e. The number of nitrogens with one attached hydrogen (secondary N) is 2. The van der Waals surface area contributed by atoms with E-state index < -0.39 is 17.8 Å². The molecule has 3 rings (SSSR count). The monoisotopic (exact) mass is 391 g/mol. The summed E-state index contributed by atoms with van der Waals surface area (Å²) in [4.78, 5) is 26.0. The average molecular weight is 391 g/mol. The van der Waals surface area contributed by atoms with E-state index in [0.717, 1.165) is 37.6 Å². The third-order valence-electron chi connectivity index (χ3n) is 4.51. The summed E-state index contributed by atoms with van der Waals surface area (Å²) in [6.45, 7) is 1.58. The molecule has 1 aliphatic heterocycles. The molecule has 28 heavy (non-hydrogen) atoms. The fourth-order valence-corrected chi connectivity index (χ4v) is 3.08. The maximum atomic E-state index is 13.0. The van der Waals surface area contributed by atoms with Gasteiger partial charge in [-0.1, -0.05) is 24.3 Å². The lowest BCUT2D eigenvalue weighted by Crippen LogP contribution is -2.29. The molecule has 0 radical (unpaired) electrons. The zero-order valence-corrected chi connectivity index (χ0v) is 15.1. The number of benzene rings is 2. The van der Waals surface area contributed by atoms with Gasteiger partial charge in [-0.05, 0) is 42.7 Å². The van der Waals surface area contributed by atoms with Crippen LogP contribution in [0.2, 0.25) is 0 Å². The van der Waals surface area contributed by atoms with Crippen molar-refractivity contribution in [3.05, 3.63) is 59.7 Å². The Morgan fingerprint density at radius 3 is 2.21 bits per heavy atom. The molecule has 2 aromatic carbocycles. The second-order valence-electron chi connectivity index (χ2n) is 6.58. The first kappa shape index (κ1) is 19.7. The van der Waals surface area contributed by atoms with Gasteiger partial charge in [0.25, 0.3) is 0 Å². The number of likely N-dealkylation sites (tertiary alicyclic amines) is 1. The first-order valence-corrected chi connectivity index (χ1v) is 8.94. The van der Waals surface area contributed by atoms with Crippen LogP contribution in [0.5, 0.6) is 0 Å². The van der Waals surface area contributed by atoms with Gasteiger partial charge in [0.05, 0.1) is 17.7 Å². The number of hydrogen-bond acceptors (Lipinski definition) is 2. The molecular weight excluding hydrogens is 371 g/mol. The Kier molecular flexibility index (Phi) is 5.87. The van der Waals surface area contributed by atoms with E-state index in [1.807, 2.05) is 4.90 Å². The minimum atomic E-state index is -4.56. The fourth-order valence-electron chi connectivity index (χ4n) is 3.08. The van der Waals surface area contributed by atoms with Crippen molar-refractivity contribution in [3.63, 3.8) is 0 Å². The lowest BCUT2D eigenvalue weighted by Gasteiger charge is -2.15. The van der Waals surface area contributed by atoms with Crippen molar-refractivity contribution in [2.24, 2.45) is 0 Å². The van der Waals surface area contributed by atoms with Crippen molar-refractivity contribution in [1.82, 2.24) is 4.90 Å². The van der Waals surface area contributed by atoms with Crippen molar-refractivity contribution < 1.29 is 22.8 Å². The van der Waals surface area contributed by atoms with Crippen molar-refractivity contribution in [2.45, 2.75) is 25.4 Å². The van der Waals surface area contributed by atoms with Crippen LogP contribution in [0.3, 0.4) is 0 Å². The van der Waals surface area contributed by atoms with Crippen molar-refractivity contribution >= 4 is 23.3 Å². The maximum Gasteiger partial charge on any atom is 0.418 e. The number of carbonyl (C=O) groups excluding carboxylic acids is 2. The highest BCUT2D eigenvalue weighted by Crippen LogP contribution is 2.34. The van der Waals surface area contributed by atoms with E-state index in [2.05, 4.69) is 10.6 Å². The summed E-state index contributed by atoms with van der Waals surface area (Å²) in [6.07, 6.45) is -2.22. The highest BCUT2D eigenvalue weighted by Gasteiger charge is 2.33. The minimum absolute atomic E-state index is 0.0692. The summed E-state index contributed by atoms with van der Waals surface area (Å²) >= 11 is 0. The Morgan fingerprint density at radius 2 is 1.57 bits per heavy atom. The Morgan fingerprint density at radius 1 is 0.929 bits per heavy atom. The van der Waals surface area contributed by atoms with Crippen molar-refractivity contribution in [1.29, 1.82) is 0 Å². The number of carbonyl (C=O) groups is 2. The number of amides is 3. The number of rotatable bonds is 4. The largest absolute Gasteiger partial charge is 0.418 e. The first-order chi connectivity index (χ1) is 13.3. The molecule has 0 atom stereocenters. The van der Waals surface area contributed by atoms with Crippen LogP contribution >= 0.6 is 0 Å². The number of nitrogens with zero attached hydrogens (tertiary/aromatic N) is 1. The predicted octanol–water partition coefficient (Wildman–Crippen LogP) is 4.51. The molecule has 5 nitrogen and oxygen atoms in total. The molecule has 2 N–H and O–H groups in total. The van der Waals surface area contributed by atoms with Gasteiger partial charge < -0.3 is 15.5 Å². The van der Waals surface area contributed by atoms with Gasteiger partial charge in [-0.2, -0.15) is 13.2 Å². The summed E-state index contributed by atoms with van der Waals surface area (Å²) in [7, 11) is 0. The molecule has 3 amide bonds. The molecule has 0 spiro atoms. The molecule has 0 aromatic heterocycles. The van der Waals surface area contributed by atoms with Gasteiger partial charge in [0, 0.05) is 18.8 Å². The normalized spacial score (nSPS) is 14.0. The van der Waals surface area contributed by atoms with Crippen LogP contribution in [-0.2, 0) is 17.4 Å². The van der Waals surface area contributed by atoms with E-state index in [0.29, 0.717) is 5.69 Å². The number of alkyl halides is 3. The molecule has 1 aliphatic rings. The number of hydrogen-bond donors (Lipinski definition) is 2. The van der Waals surface area contributed by atoms with Crippen LogP contribution in [-0.4, -0.2) is 29.9 Å². The van der Waals surface area contributed by atoms with Gasteiger partial charge in [0.2, 0.25) is 5.91 Å². The zero-order chi connectivity index (χ0) is 20.1. The summed E-state index contributed by atoms with van der Waals surface area (Å²) in [5.41, 5.74) is -0.00844. The molecule has 2 aromatic rings. The SMILES string of the molecule is O=C(Nc1ccc(CC(=O)N2CCCC2)cc1)Nc1ccccc1C(F)(F)F. The lowest BCUT2D eigenvalue weighted by molar-refractivity contribution is -0.137. The van der Waals surface area contributed by atoms with E-state index in [1.165, 1.54) is 18.2 Å². The van der Waals surface area contributed by atoms with Crippen LogP contribution in [0.15, 0.2) is 48.5 Å². The second kappa shape index (κ2) is 8.33. The van der Waals surface area contributed by atoms with E-state index in [-0.39, 0.29) is 18.0 Å². The summed E-state index contributed by atoms with van der Waals surface area (Å²) < 4.78 is 39.0. The average Bonchev–Trinajstić information content (AvgIpc) is 3.18. The van der Waals surface area contributed by atoms with E-state index >= 15 is 0 Å². The topological polar surface area (TPSA) is 61.4 Å². The van der Waals surface area contributed by atoms with Gasteiger partial charge in [-0.15, -0.1) is 0 Å². The molecule has 148 valence electrons. The van der Waals surface area contributed by atoms with E-state index in [4.69, 9.17) is 0 Å². The molecule has 1 fully saturated rings. The quantitative estimate of drug-likeness (QED) is 0.805. The molecule has 1 heterocycles. The number of para-hydroxylation sites is 1. The second-order valence-corrected chi connectivity index (χ2v) is 6.58. The van der Waals surface area contributed by atoms with E-state index in [9.17, 15) is 22.8 Å².